The van der Waals surface area contributed by atoms with Crippen molar-refractivity contribution >= 4 is 17.6 Å². The molecule has 0 fully saturated rings. The molecule has 0 saturated carbocycles. The first-order chi connectivity index (χ1) is 8.95. The third-order valence-corrected chi connectivity index (χ3v) is 3.19. The van der Waals surface area contributed by atoms with Gasteiger partial charge >= 0.3 is 5.97 Å². The summed E-state index contributed by atoms with van der Waals surface area (Å²) in [6.07, 6.45) is 1.81. The van der Waals surface area contributed by atoms with E-state index in [4.69, 9.17) is 5.11 Å². The quantitative estimate of drug-likeness (QED) is 0.828. The molecule has 0 aromatic heterocycles. The van der Waals surface area contributed by atoms with Gasteiger partial charge in [-0.1, -0.05) is 32.4 Å². The Morgan fingerprint density at radius 2 is 2.00 bits per heavy atom. The van der Waals surface area contributed by atoms with Crippen LogP contribution < -0.4 is 5.32 Å². The monoisotopic (exact) mass is 263 g/mol. The first-order valence-corrected chi connectivity index (χ1v) is 6.59. The number of carbonyl (C=O) groups excluding carboxylic acids is 1. The first-order valence-electron chi connectivity index (χ1n) is 6.59. The second kappa shape index (κ2) is 6.92. The normalized spacial score (nSPS) is 13.6. The third kappa shape index (κ3) is 4.39. The standard InChI is InChI=1S/C15H21NO3/c1-4-6-10(2)14(17)16-13-8-5-7-12(9-13)11(3)15(18)19/h5,7-11H,4,6H2,1-3H3,(H,16,17)(H,18,19). The Hall–Kier alpha value is -1.84. The second-order valence-corrected chi connectivity index (χ2v) is 4.86. The Kier molecular flexibility index (Phi) is 5.55. The average molecular weight is 263 g/mol. The highest BCUT2D eigenvalue weighted by Gasteiger charge is 2.15. The summed E-state index contributed by atoms with van der Waals surface area (Å²) in [5.74, 6) is -1.51. The molecular weight excluding hydrogens is 242 g/mol. The van der Waals surface area contributed by atoms with Crippen molar-refractivity contribution in [2.75, 3.05) is 5.32 Å². The summed E-state index contributed by atoms with van der Waals surface area (Å²) < 4.78 is 0. The number of hydrogen-bond acceptors (Lipinski definition) is 2. The minimum atomic E-state index is -0.872. The molecule has 1 amide bonds. The number of rotatable bonds is 6. The van der Waals surface area contributed by atoms with Crippen molar-refractivity contribution in [3.8, 4) is 0 Å². The van der Waals surface area contributed by atoms with Crippen molar-refractivity contribution in [2.45, 2.75) is 39.5 Å². The van der Waals surface area contributed by atoms with Gasteiger partial charge in [-0.25, -0.2) is 0 Å². The van der Waals surface area contributed by atoms with E-state index in [2.05, 4.69) is 5.32 Å². The summed E-state index contributed by atoms with van der Waals surface area (Å²) in [7, 11) is 0. The molecule has 0 aliphatic rings. The van der Waals surface area contributed by atoms with Crippen LogP contribution in [0.4, 0.5) is 5.69 Å². The van der Waals surface area contributed by atoms with Gasteiger partial charge in [-0.05, 0) is 31.0 Å². The Morgan fingerprint density at radius 1 is 1.32 bits per heavy atom. The molecule has 0 aliphatic heterocycles. The van der Waals surface area contributed by atoms with E-state index >= 15 is 0 Å². The highest BCUT2D eigenvalue weighted by atomic mass is 16.4. The van der Waals surface area contributed by atoms with E-state index in [1.54, 1.807) is 31.2 Å². The Bertz CT molecular complexity index is 456. The number of benzene rings is 1. The second-order valence-electron chi connectivity index (χ2n) is 4.86. The van der Waals surface area contributed by atoms with Gasteiger partial charge in [0, 0.05) is 11.6 Å². The summed E-state index contributed by atoms with van der Waals surface area (Å²) in [4.78, 5) is 22.8. The lowest BCUT2D eigenvalue weighted by atomic mass is 10.0. The van der Waals surface area contributed by atoms with E-state index in [0.29, 0.717) is 11.3 Å². The van der Waals surface area contributed by atoms with Gasteiger partial charge in [0.2, 0.25) is 5.91 Å². The number of anilines is 1. The molecule has 1 rings (SSSR count). The molecule has 0 saturated heterocycles. The lowest BCUT2D eigenvalue weighted by Crippen LogP contribution is -2.20. The van der Waals surface area contributed by atoms with Gasteiger partial charge in [0.1, 0.15) is 0 Å². The Labute approximate surface area is 113 Å². The van der Waals surface area contributed by atoms with E-state index in [1.165, 1.54) is 0 Å². The molecule has 2 unspecified atom stereocenters. The van der Waals surface area contributed by atoms with Crippen molar-refractivity contribution in [2.24, 2.45) is 5.92 Å². The highest BCUT2D eigenvalue weighted by Crippen LogP contribution is 2.20. The minimum absolute atomic E-state index is 0.0259. The highest BCUT2D eigenvalue weighted by molar-refractivity contribution is 5.92. The van der Waals surface area contributed by atoms with Gasteiger partial charge < -0.3 is 10.4 Å². The molecule has 1 aromatic rings. The smallest absolute Gasteiger partial charge is 0.310 e. The molecule has 1 aromatic carbocycles. The number of hydrogen-bond donors (Lipinski definition) is 2. The van der Waals surface area contributed by atoms with E-state index in [9.17, 15) is 9.59 Å². The van der Waals surface area contributed by atoms with E-state index in [-0.39, 0.29) is 11.8 Å². The lowest BCUT2D eigenvalue weighted by molar-refractivity contribution is -0.138. The molecule has 4 heteroatoms. The molecule has 2 atom stereocenters. The fourth-order valence-electron chi connectivity index (χ4n) is 1.86. The van der Waals surface area contributed by atoms with E-state index in [0.717, 1.165) is 12.8 Å². The van der Waals surface area contributed by atoms with Crippen LogP contribution in [-0.4, -0.2) is 17.0 Å². The summed E-state index contributed by atoms with van der Waals surface area (Å²) in [6.45, 7) is 5.56. The fraction of sp³-hybridized carbons (Fsp3) is 0.467. The van der Waals surface area contributed by atoms with Crippen LogP contribution in [0.1, 0.15) is 45.1 Å². The maximum Gasteiger partial charge on any atom is 0.310 e. The molecule has 4 nitrogen and oxygen atoms in total. The maximum atomic E-state index is 11.9. The molecule has 0 bridgehead atoms. The molecule has 0 heterocycles. The average Bonchev–Trinajstić information content (AvgIpc) is 2.38. The van der Waals surface area contributed by atoms with Crippen LogP contribution in [0.15, 0.2) is 24.3 Å². The molecule has 2 N–H and O–H groups in total. The Balaban J connectivity index is 2.77. The number of carbonyl (C=O) groups is 2. The summed E-state index contributed by atoms with van der Waals surface area (Å²) in [6, 6.07) is 7.00. The van der Waals surface area contributed by atoms with Gasteiger partial charge in [0.05, 0.1) is 5.92 Å². The summed E-state index contributed by atoms with van der Waals surface area (Å²) >= 11 is 0. The van der Waals surface area contributed by atoms with Crippen molar-refractivity contribution in [3.63, 3.8) is 0 Å². The van der Waals surface area contributed by atoms with Crippen molar-refractivity contribution in [1.29, 1.82) is 0 Å². The third-order valence-electron chi connectivity index (χ3n) is 3.19. The Morgan fingerprint density at radius 3 is 2.58 bits per heavy atom. The van der Waals surface area contributed by atoms with E-state index in [1.807, 2.05) is 13.8 Å². The predicted molar refractivity (Wildman–Crippen MR) is 75.2 cm³/mol. The molecule has 0 aliphatic carbocycles. The zero-order valence-electron chi connectivity index (χ0n) is 11.6. The zero-order valence-corrected chi connectivity index (χ0v) is 11.6. The van der Waals surface area contributed by atoms with Crippen LogP contribution in [0.2, 0.25) is 0 Å². The van der Waals surface area contributed by atoms with Gasteiger partial charge in [-0.15, -0.1) is 0 Å². The SMILES string of the molecule is CCCC(C)C(=O)Nc1cccc(C(C)C(=O)O)c1. The van der Waals surface area contributed by atoms with E-state index < -0.39 is 11.9 Å². The minimum Gasteiger partial charge on any atom is -0.481 e. The molecular formula is C15H21NO3. The number of amides is 1. The number of carboxylic acids is 1. The summed E-state index contributed by atoms with van der Waals surface area (Å²) in [5, 5.41) is 11.8. The van der Waals surface area contributed by atoms with Crippen LogP contribution in [0.5, 0.6) is 0 Å². The first kappa shape index (κ1) is 15.2. The predicted octanol–water partition coefficient (Wildman–Crippen LogP) is 3.25. The van der Waals surface area contributed by atoms with Gasteiger partial charge in [-0.2, -0.15) is 0 Å². The van der Waals surface area contributed by atoms with Crippen molar-refractivity contribution < 1.29 is 14.7 Å². The van der Waals surface area contributed by atoms with Crippen LogP contribution in [0.3, 0.4) is 0 Å². The van der Waals surface area contributed by atoms with Crippen LogP contribution in [0.25, 0.3) is 0 Å². The van der Waals surface area contributed by atoms with Crippen LogP contribution in [-0.2, 0) is 9.59 Å². The topological polar surface area (TPSA) is 66.4 Å². The molecule has 0 radical (unpaired) electrons. The molecule has 0 spiro atoms. The largest absolute Gasteiger partial charge is 0.481 e. The van der Waals surface area contributed by atoms with Crippen LogP contribution >= 0.6 is 0 Å². The van der Waals surface area contributed by atoms with Gasteiger partial charge in [-0.3, -0.25) is 9.59 Å². The molecule has 19 heavy (non-hydrogen) atoms. The summed E-state index contributed by atoms with van der Waals surface area (Å²) in [5.41, 5.74) is 1.34. The van der Waals surface area contributed by atoms with Gasteiger partial charge in [0.25, 0.3) is 0 Å². The molecule has 104 valence electrons. The number of nitrogens with one attached hydrogen (secondary N) is 1. The fourth-order valence-corrected chi connectivity index (χ4v) is 1.86. The van der Waals surface area contributed by atoms with Crippen molar-refractivity contribution in [1.82, 2.24) is 0 Å². The number of carboxylic acid groups (broad SMARTS) is 1. The lowest BCUT2D eigenvalue weighted by Gasteiger charge is -2.13. The van der Waals surface area contributed by atoms with Crippen LogP contribution in [0, 0.1) is 5.92 Å². The number of aliphatic carboxylic acids is 1. The maximum absolute atomic E-state index is 11.9. The van der Waals surface area contributed by atoms with Gasteiger partial charge in [0.15, 0.2) is 0 Å². The van der Waals surface area contributed by atoms with Crippen molar-refractivity contribution in [3.05, 3.63) is 29.8 Å². The zero-order chi connectivity index (χ0) is 14.4.